The molecule has 1 aromatic rings. The van der Waals surface area contributed by atoms with Crippen LogP contribution in [0.1, 0.15) is 45.0 Å². The minimum Gasteiger partial charge on any atom is -0.456 e. The predicted molar refractivity (Wildman–Crippen MR) is 91.7 cm³/mol. The lowest BCUT2D eigenvalue weighted by Crippen LogP contribution is -2.24. The first kappa shape index (κ1) is 17.7. The van der Waals surface area contributed by atoms with E-state index in [4.69, 9.17) is 4.74 Å². The summed E-state index contributed by atoms with van der Waals surface area (Å²) in [5.41, 5.74) is 1.61. The van der Waals surface area contributed by atoms with E-state index in [9.17, 15) is 14.4 Å². The fourth-order valence-electron chi connectivity index (χ4n) is 2.14. The Hall–Kier alpha value is -2.69. The molecule has 0 atom stereocenters. The van der Waals surface area contributed by atoms with Crippen molar-refractivity contribution in [2.24, 2.45) is 0 Å². The van der Waals surface area contributed by atoms with Gasteiger partial charge in [0.15, 0.2) is 5.78 Å². The van der Waals surface area contributed by atoms with E-state index >= 15 is 0 Å². The van der Waals surface area contributed by atoms with E-state index in [1.807, 2.05) is 0 Å². The lowest BCUT2D eigenvalue weighted by atomic mass is 9.95. The number of ether oxygens (including phenoxy) is 1. The second-order valence-corrected chi connectivity index (χ2v) is 6.71. The fourth-order valence-corrected chi connectivity index (χ4v) is 2.14. The summed E-state index contributed by atoms with van der Waals surface area (Å²) in [7, 11) is 0. The van der Waals surface area contributed by atoms with E-state index in [0.29, 0.717) is 22.4 Å². The van der Waals surface area contributed by atoms with Crippen molar-refractivity contribution in [2.45, 2.75) is 40.2 Å². The van der Waals surface area contributed by atoms with Crippen molar-refractivity contribution in [3.63, 3.8) is 0 Å². The summed E-state index contributed by atoms with van der Waals surface area (Å²) in [6, 6.07) is 6.55. The Kier molecular flexibility index (Phi) is 4.73. The molecule has 0 saturated heterocycles. The molecule has 0 aromatic heterocycles. The Balaban J connectivity index is 2.13. The fraction of sp³-hybridized carbons (Fsp3) is 0.316. The molecule has 5 heteroatoms. The molecular weight excluding hydrogens is 306 g/mol. The molecule has 1 N–H and O–H groups in total. The zero-order valence-corrected chi connectivity index (χ0v) is 14.5. The second kappa shape index (κ2) is 6.43. The number of allylic oxidation sites excluding steroid dienone is 3. The molecule has 1 aromatic carbocycles. The number of anilines is 1. The first-order valence-electron chi connectivity index (χ1n) is 7.67. The molecule has 0 spiro atoms. The number of carbonyl (C=O) groups is 3. The molecule has 0 amide bonds. The summed E-state index contributed by atoms with van der Waals surface area (Å²) < 4.78 is 5.29. The Morgan fingerprint density at radius 2 is 1.58 bits per heavy atom. The van der Waals surface area contributed by atoms with Crippen molar-refractivity contribution in [1.82, 2.24) is 0 Å². The van der Waals surface area contributed by atoms with Crippen LogP contribution in [0.5, 0.6) is 0 Å². The number of esters is 1. The van der Waals surface area contributed by atoms with Gasteiger partial charge in [0, 0.05) is 22.9 Å². The molecule has 2 rings (SSSR count). The molecule has 0 saturated carbocycles. The van der Waals surface area contributed by atoms with Crippen LogP contribution in [0.15, 0.2) is 47.2 Å². The van der Waals surface area contributed by atoms with E-state index in [2.05, 4.69) is 5.32 Å². The smallest absolute Gasteiger partial charge is 0.338 e. The summed E-state index contributed by atoms with van der Waals surface area (Å²) in [5, 5.41) is 2.93. The lowest BCUT2D eigenvalue weighted by Gasteiger charge is -2.19. The molecule has 0 radical (unpaired) electrons. The van der Waals surface area contributed by atoms with Gasteiger partial charge in [-0.3, -0.25) is 9.59 Å². The highest BCUT2D eigenvalue weighted by Gasteiger charge is 2.23. The molecule has 1 aliphatic carbocycles. The zero-order chi connectivity index (χ0) is 18.1. The second-order valence-electron chi connectivity index (χ2n) is 6.71. The van der Waals surface area contributed by atoms with Crippen molar-refractivity contribution < 1.29 is 19.1 Å². The van der Waals surface area contributed by atoms with Crippen LogP contribution < -0.4 is 5.32 Å². The Labute approximate surface area is 141 Å². The maximum atomic E-state index is 12.2. The first-order chi connectivity index (χ1) is 11.1. The number of benzene rings is 1. The number of nitrogens with one attached hydrogen (secondary N) is 1. The third kappa shape index (κ3) is 3.98. The lowest BCUT2D eigenvalue weighted by molar-refractivity contribution is -0.115. The van der Waals surface area contributed by atoms with Crippen LogP contribution in [0.2, 0.25) is 0 Å². The van der Waals surface area contributed by atoms with Gasteiger partial charge in [0.2, 0.25) is 5.78 Å². The molecule has 5 nitrogen and oxygen atoms in total. The van der Waals surface area contributed by atoms with Crippen LogP contribution in [0.4, 0.5) is 5.69 Å². The van der Waals surface area contributed by atoms with Crippen LogP contribution in [0.25, 0.3) is 0 Å². The standard InChI is InChI=1S/C19H21NO4/c1-11-12(2)17(22)15(10-16(11)21)20-14-8-6-13(7-9-14)18(23)24-19(3,4)5/h6-10,20H,1-5H3. The van der Waals surface area contributed by atoms with E-state index in [1.165, 1.54) is 6.08 Å². The van der Waals surface area contributed by atoms with Gasteiger partial charge in [-0.2, -0.15) is 0 Å². The summed E-state index contributed by atoms with van der Waals surface area (Å²) >= 11 is 0. The molecule has 0 heterocycles. The van der Waals surface area contributed by atoms with Crippen molar-refractivity contribution in [3.8, 4) is 0 Å². The molecule has 24 heavy (non-hydrogen) atoms. The quantitative estimate of drug-likeness (QED) is 0.680. The molecule has 0 aliphatic heterocycles. The number of hydrogen-bond donors (Lipinski definition) is 1. The van der Waals surface area contributed by atoms with Crippen LogP contribution >= 0.6 is 0 Å². The Morgan fingerprint density at radius 1 is 1.00 bits per heavy atom. The minimum atomic E-state index is -0.560. The van der Waals surface area contributed by atoms with E-state index in [1.54, 1.807) is 58.9 Å². The topological polar surface area (TPSA) is 72.5 Å². The third-order valence-corrected chi connectivity index (χ3v) is 3.59. The average molecular weight is 327 g/mol. The molecular formula is C19H21NO4. The number of rotatable bonds is 3. The predicted octanol–water partition coefficient (Wildman–Crippen LogP) is 3.43. The maximum Gasteiger partial charge on any atom is 0.338 e. The number of carbonyl (C=O) groups excluding carboxylic acids is 3. The van der Waals surface area contributed by atoms with E-state index in [-0.39, 0.29) is 17.3 Å². The van der Waals surface area contributed by atoms with Crippen LogP contribution in [0.3, 0.4) is 0 Å². The van der Waals surface area contributed by atoms with Gasteiger partial charge in [-0.05, 0) is 58.9 Å². The summed E-state index contributed by atoms with van der Waals surface area (Å²) in [6.45, 7) is 8.68. The van der Waals surface area contributed by atoms with Gasteiger partial charge in [-0.15, -0.1) is 0 Å². The van der Waals surface area contributed by atoms with Gasteiger partial charge >= 0.3 is 5.97 Å². The average Bonchev–Trinajstić information content (AvgIpc) is 2.49. The van der Waals surface area contributed by atoms with Gasteiger partial charge in [-0.1, -0.05) is 0 Å². The highest BCUT2D eigenvalue weighted by Crippen LogP contribution is 2.21. The van der Waals surface area contributed by atoms with Gasteiger partial charge in [0.1, 0.15) is 5.60 Å². The molecule has 0 unspecified atom stereocenters. The largest absolute Gasteiger partial charge is 0.456 e. The van der Waals surface area contributed by atoms with Crippen molar-refractivity contribution >= 4 is 23.2 Å². The van der Waals surface area contributed by atoms with Gasteiger partial charge < -0.3 is 10.1 Å². The normalized spacial score (nSPS) is 15.3. The third-order valence-electron chi connectivity index (χ3n) is 3.59. The molecule has 1 aliphatic rings. The summed E-state index contributed by atoms with van der Waals surface area (Å²) in [6.07, 6.45) is 1.30. The molecule has 0 fully saturated rings. The van der Waals surface area contributed by atoms with Crippen LogP contribution in [-0.4, -0.2) is 23.1 Å². The van der Waals surface area contributed by atoms with E-state index < -0.39 is 11.6 Å². The van der Waals surface area contributed by atoms with E-state index in [0.717, 1.165) is 0 Å². The Morgan fingerprint density at radius 3 is 2.12 bits per heavy atom. The van der Waals surface area contributed by atoms with Crippen LogP contribution in [-0.2, 0) is 14.3 Å². The molecule has 126 valence electrons. The minimum absolute atomic E-state index is 0.181. The first-order valence-corrected chi connectivity index (χ1v) is 7.67. The van der Waals surface area contributed by atoms with Gasteiger partial charge in [0.05, 0.1) is 11.3 Å². The number of ketones is 2. The van der Waals surface area contributed by atoms with Gasteiger partial charge in [0.25, 0.3) is 0 Å². The number of hydrogen-bond acceptors (Lipinski definition) is 5. The van der Waals surface area contributed by atoms with Crippen molar-refractivity contribution in [2.75, 3.05) is 5.32 Å². The summed E-state index contributed by atoms with van der Waals surface area (Å²) in [5.74, 6) is -0.796. The SMILES string of the molecule is CC1=C(C)C(=O)C(Nc2ccc(C(=O)OC(C)(C)C)cc2)=CC1=O. The highest BCUT2D eigenvalue weighted by molar-refractivity contribution is 6.23. The highest BCUT2D eigenvalue weighted by atomic mass is 16.6. The zero-order valence-electron chi connectivity index (χ0n) is 14.5. The van der Waals surface area contributed by atoms with Crippen LogP contribution in [0, 0.1) is 0 Å². The maximum absolute atomic E-state index is 12.2. The monoisotopic (exact) mass is 327 g/mol. The van der Waals surface area contributed by atoms with Crippen molar-refractivity contribution in [3.05, 3.63) is 52.7 Å². The van der Waals surface area contributed by atoms with Gasteiger partial charge in [-0.25, -0.2) is 4.79 Å². The van der Waals surface area contributed by atoms with Crippen molar-refractivity contribution in [1.29, 1.82) is 0 Å². The molecule has 0 bridgehead atoms. The summed E-state index contributed by atoms with van der Waals surface area (Å²) in [4.78, 5) is 36.0. The number of Topliss-reactive ketones (excluding diaryl/α,β-unsaturated/α-hetero) is 1. The Bertz CT molecular complexity index is 762.